The third-order valence-corrected chi connectivity index (χ3v) is 6.64. The maximum atomic E-state index is 14.8. The Bertz CT molecular complexity index is 1110. The standard InChI is InChI=1S/C20H22FN5O3S/c1-13-8-19(30(27,28)26-20-6-7-22-12-23-20)16(21)9-18(13)29-17-5-3-2-4-15(17)14-10-24-25-11-14/h6-12,15,17H,2-5H2,1H3,(H,24,25)(H,22,23,26)/t15-,17?/m0/s1. The van der Waals surface area contributed by atoms with E-state index < -0.39 is 20.7 Å². The minimum atomic E-state index is -4.15. The number of H-pyrrole nitrogens is 1. The summed E-state index contributed by atoms with van der Waals surface area (Å²) in [5.41, 5.74) is 1.60. The van der Waals surface area contributed by atoms with Gasteiger partial charge in [-0.15, -0.1) is 0 Å². The molecule has 1 saturated carbocycles. The topological polar surface area (TPSA) is 110 Å². The molecule has 1 aliphatic rings. The van der Waals surface area contributed by atoms with Crippen LogP contribution in [-0.2, 0) is 10.0 Å². The molecule has 2 heterocycles. The van der Waals surface area contributed by atoms with Crippen molar-refractivity contribution < 1.29 is 17.5 Å². The van der Waals surface area contributed by atoms with Crippen molar-refractivity contribution in [2.75, 3.05) is 4.72 Å². The predicted octanol–water partition coefficient (Wildman–Crippen LogP) is 3.55. The summed E-state index contributed by atoms with van der Waals surface area (Å²) in [6, 6.07) is 3.81. The fourth-order valence-corrected chi connectivity index (χ4v) is 4.91. The van der Waals surface area contributed by atoms with E-state index >= 15 is 0 Å². The van der Waals surface area contributed by atoms with Crippen LogP contribution in [0.3, 0.4) is 0 Å². The van der Waals surface area contributed by atoms with E-state index in [2.05, 4.69) is 24.9 Å². The van der Waals surface area contributed by atoms with Crippen molar-refractivity contribution in [3.05, 3.63) is 60.1 Å². The van der Waals surface area contributed by atoms with Gasteiger partial charge in [0.25, 0.3) is 10.0 Å². The number of ether oxygens (including phenoxy) is 1. The highest BCUT2D eigenvalue weighted by Crippen LogP contribution is 2.37. The van der Waals surface area contributed by atoms with E-state index in [-0.39, 0.29) is 17.8 Å². The van der Waals surface area contributed by atoms with Gasteiger partial charge in [-0.25, -0.2) is 22.8 Å². The lowest BCUT2D eigenvalue weighted by atomic mass is 9.83. The summed E-state index contributed by atoms with van der Waals surface area (Å²) in [6.07, 6.45) is 10.0. The van der Waals surface area contributed by atoms with Crippen LogP contribution in [0.4, 0.5) is 10.2 Å². The van der Waals surface area contributed by atoms with Crippen molar-refractivity contribution in [3.63, 3.8) is 0 Å². The maximum absolute atomic E-state index is 14.8. The zero-order chi connectivity index (χ0) is 21.1. The van der Waals surface area contributed by atoms with E-state index in [1.165, 1.54) is 24.7 Å². The molecule has 30 heavy (non-hydrogen) atoms. The molecular weight excluding hydrogens is 409 g/mol. The minimum absolute atomic E-state index is 0.0625. The first kappa shape index (κ1) is 20.3. The van der Waals surface area contributed by atoms with Crippen LogP contribution in [-0.4, -0.2) is 34.7 Å². The number of hydrogen-bond donors (Lipinski definition) is 2. The summed E-state index contributed by atoms with van der Waals surface area (Å²) in [7, 11) is -4.15. The van der Waals surface area contributed by atoms with E-state index in [4.69, 9.17) is 4.74 Å². The van der Waals surface area contributed by atoms with Crippen LogP contribution in [0.5, 0.6) is 5.75 Å². The Hall–Kier alpha value is -3.01. The molecule has 10 heteroatoms. The molecule has 0 radical (unpaired) electrons. The number of hydrogen-bond acceptors (Lipinski definition) is 6. The summed E-state index contributed by atoms with van der Waals surface area (Å²) < 4.78 is 48.5. The zero-order valence-corrected chi connectivity index (χ0v) is 17.2. The molecule has 2 aromatic heterocycles. The summed E-state index contributed by atoms with van der Waals surface area (Å²) in [5.74, 6) is -0.322. The van der Waals surface area contributed by atoms with Gasteiger partial charge < -0.3 is 4.74 Å². The molecule has 158 valence electrons. The van der Waals surface area contributed by atoms with Crippen LogP contribution >= 0.6 is 0 Å². The van der Waals surface area contributed by atoms with Crippen molar-refractivity contribution in [3.8, 4) is 5.75 Å². The quantitative estimate of drug-likeness (QED) is 0.618. The molecule has 0 amide bonds. The number of aromatic nitrogens is 4. The van der Waals surface area contributed by atoms with Gasteiger partial charge in [0.2, 0.25) is 0 Å². The Labute approximate surface area is 174 Å². The molecular formula is C20H22FN5O3S. The first-order valence-corrected chi connectivity index (χ1v) is 11.2. The van der Waals surface area contributed by atoms with Gasteiger partial charge in [-0.1, -0.05) is 6.42 Å². The summed E-state index contributed by atoms with van der Waals surface area (Å²) in [4.78, 5) is 7.08. The van der Waals surface area contributed by atoms with Crippen LogP contribution in [0.25, 0.3) is 0 Å². The largest absolute Gasteiger partial charge is 0.489 e. The monoisotopic (exact) mass is 431 g/mol. The van der Waals surface area contributed by atoms with E-state index in [1.807, 2.05) is 6.20 Å². The lowest BCUT2D eigenvalue weighted by molar-refractivity contribution is 0.129. The number of rotatable bonds is 6. The number of nitrogens with zero attached hydrogens (tertiary/aromatic N) is 3. The third-order valence-electron chi connectivity index (χ3n) is 5.27. The molecule has 2 atom stereocenters. The number of aromatic amines is 1. The summed E-state index contributed by atoms with van der Waals surface area (Å²) in [5, 5.41) is 6.85. The Morgan fingerprint density at radius 3 is 2.83 bits per heavy atom. The summed E-state index contributed by atoms with van der Waals surface area (Å²) >= 11 is 0. The van der Waals surface area contributed by atoms with Gasteiger partial charge in [0.15, 0.2) is 0 Å². The van der Waals surface area contributed by atoms with E-state index in [0.29, 0.717) is 11.3 Å². The van der Waals surface area contributed by atoms with Gasteiger partial charge >= 0.3 is 0 Å². The van der Waals surface area contributed by atoms with Crippen molar-refractivity contribution >= 4 is 15.8 Å². The van der Waals surface area contributed by atoms with Crippen LogP contribution < -0.4 is 9.46 Å². The van der Waals surface area contributed by atoms with Crippen molar-refractivity contribution in [2.45, 2.75) is 49.5 Å². The fourth-order valence-electron chi connectivity index (χ4n) is 3.76. The average Bonchev–Trinajstić information content (AvgIpc) is 3.26. The molecule has 0 spiro atoms. The third kappa shape index (κ3) is 4.28. The first-order chi connectivity index (χ1) is 14.4. The number of sulfonamides is 1. The second kappa shape index (κ2) is 8.39. The molecule has 3 aromatic rings. The van der Waals surface area contributed by atoms with Gasteiger partial charge in [0.1, 0.15) is 34.7 Å². The Morgan fingerprint density at radius 2 is 2.10 bits per heavy atom. The molecule has 1 unspecified atom stereocenters. The Balaban J connectivity index is 1.58. The van der Waals surface area contributed by atoms with Crippen molar-refractivity contribution in [1.82, 2.24) is 20.2 Å². The Kier molecular flexibility index (Phi) is 5.67. The molecule has 1 fully saturated rings. The van der Waals surface area contributed by atoms with Gasteiger partial charge in [0, 0.05) is 24.4 Å². The normalized spacial score (nSPS) is 19.4. The van der Waals surface area contributed by atoms with Gasteiger partial charge in [0.05, 0.1) is 6.20 Å². The number of anilines is 1. The lowest BCUT2D eigenvalue weighted by Crippen LogP contribution is -2.29. The molecule has 4 rings (SSSR count). The van der Waals surface area contributed by atoms with Crippen LogP contribution in [0, 0.1) is 12.7 Å². The van der Waals surface area contributed by atoms with Gasteiger partial charge in [-0.2, -0.15) is 5.10 Å². The maximum Gasteiger partial charge on any atom is 0.265 e. The van der Waals surface area contributed by atoms with Crippen LogP contribution in [0.1, 0.15) is 42.7 Å². The molecule has 8 nitrogen and oxygen atoms in total. The zero-order valence-electron chi connectivity index (χ0n) is 16.4. The second-order valence-electron chi connectivity index (χ2n) is 7.33. The lowest BCUT2D eigenvalue weighted by Gasteiger charge is -2.32. The Morgan fingerprint density at radius 1 is 1.27 bits per heavy atom. The number of aryl methyl sites for hydroxylation is 1. The van der Waals surface area contributed by atoms with Gasteiger partial charge in [-0.05, 0) is 49.4 Å². The number of benzene rings is 1. The molecule has 2 N–H and O–H groups in total. The first-order valence-electron chi connectivity index (χ1n) is 9.68. The predicted molar refractivity (Wildman–Crippen MR) is 108 cm³/mol. The highest BCUT2D eigenvalue weighted by atomic mass is 32.2. The number of halogens is 1. The van der Waals surface area contributed by atoms with E-state index in [9.17, 15) is 12.8 Å². The van der Waals surface area contributed by atoms with Crippen molar-refractivity contribution in [2.24, 2.45) is 0 Å². The molecule has 1 aromatic carbocycles. The molecule has 0 saturated heterocycles. The fraction of sp³-hybridized carbons (Fsp3) is 0.350. The van der Waals surface area contributed by atoms with Crippen LogP contribution in [0.15, 0.2) is 48.0 Å². The number of nitrogens with one attached hydrogen (secondary N) is 2. The minimum Gasteiger partial charge on any atom is -0.489 e. The van der Waals surface area contributed by atoms with E-state index in [1.54, 1.807) is 13.1 Å². The SMILES string of the molecule is Cc1cc(S(=O)(=O)Nc2ccncn2)c(F)cc1OC1CCCC[C@H]1c1cn[nH]c1. The molecule has 1 aliphatic carbocycles. The van der Waals surface area contributed by atoms with E-state index in [0.717, 1.165) is 37.3 Å². The molecule has 0 aliphatic heterocycles. The average molecular weight is 431 g/mol. The van der Waals surface area contributed by atoms with Crippen molar-refractivity contribution in [1.29, 1.82) is 0 Å². The summed E-state index contributed by atoms with van der Waals surface area (Å²) in [6.45, 7) is 1.70. The van der Waals surface area contributed by atoms with Crippen LogP contribution in [0.2, 0.25) is 0 Å². The highest BCUT2D eigenvalue weighted by molar-refractivity contribution is 7.92. The second-order valence-corrected chi connectivity index (χ2v) is 8.98. The molecule has 0 bridgehead atoms. The van der Waals surface area contributed by atoms with Gasteiger partial charge in [-0.3, -0.25) is 9.82 Å². The smallest absolute Gasteiger partial charge is 0.265 e. The highest BCUT2D eigenvalue weighted by Gasteiger charge is 2.30.